The zero-order valence-electron chi connectivity index (χ0n) is 14.7. The maximum Gasteiger partial charge on any atom is 0.0920 e. The number of rotatable bonds is 3. The molecule has 0 aromatic rings. The molecule has 1 saturated heterocycles. The van der Waals surface area contributed by atoms with Crippen molar-refractivity contribution in [3.63, 3.8) is 0 Å². The summed E-state index contributed by atoms with van der Waals surface area (Å²) in [5.74, 6) is 1.44. The second-order valence-electron chi connectivity index (χ2n) is 8.99. The molecule has 3 aliphatic rings. The average molecular weight is 304 g/mol. The van der Waals surface area contributed by atoms with Crippen molar-refractivity contribution in [3.8, 4) is 0 Å². The van der Waals surface area contributed by atoms with Gasteiger partial charge < -0.3 is 9.84 Å². The van der Waals surface area contributed by atoms with Crippen molar-refractivity contribution in [3.05, 3.63) is 24.3 Å². The third-order valence-corrected chi connectivity index (χ3v) is 6.42. The minimum atomic E-state index is -0.704. The molecule has 124 valence electrons. The van der Waals surface area contributed by atoms with Gasteiger partial charge >= 0.3 is 0 Å². The first-order valence-corrected chi connectivity index (χ1v) is 8.89. The molecule has 2 aliphatic carbocycles. The van der Waals surface area contributed by atoms with Crippen molar-refractivity contribution < 1.29 is 9.84 Å². The Labute approximate surface area is 135 Å². The first-order valence-electron chi connectivity index (χ1n) is 8.89. The van der Waals surface area contributed by atoms with Crippen LogP contribution in [0.15, 0.2) is 24.3 Å². The molecular weight excluding hydrogens is 272 g/mol. The molecule has 22 heavy (non-hydrogen) atoms. The highest BCUT2D eigenvalue weighted by Crippen LogP contribution is 2.61. The molecule has 2 heteroatoms. The summed E-state index contributed by atoms with van der Waals surface area (Å²) in [4.78, 5) is 0. The normalized spacial score (nSPS) is 45.3. The minimum absolute atomic E-state index is 0.147. The molecule has 0 radical (unpaired) electrons. The highest BCUT2D eigenvalue weighted by molar-refractivity contribution is 5.18. The second kappa shape index (κ2) is 5.21. The van der Waals surface area contributed by atoms with Gasteiger partial charge in [-0.3, -0.25) is 0 Å². The van der Waals surface area contributed by atoms with Crippen LogP contribution in [0.3, 0.4) is 0 Å². The van der Waals surface area contributed by atoms with Crippen LogP contribution < -0.4 is 0 Å². The van der Waals surface area contributed by atoms with E-state index in [1.165, 1.54) is 24.8 Å². The molecule has 3 fully saturated rings. The molecule has 0 unspecified atom stereocenters. The van der Waals surface area contributed by atoms with Crippen LogP contribution in [0, 0.1) is 17.3 Å². The monoisotopic (exact) mass is 304 g/mol. The molecule has 1 N–H and O–H groups in total. The number of allylic oxidation sites excluding steroid dienone is 2. The average Bonchev–Trinajstić information content (AvgIpc) is 3.01. The van der Waals surface area contributed by atoms with Crippen LogP contribution in [0.4, 0.5) is 0 Å². The number of epoxide rings is 1. The summed E-state index contributed by atoms with van der Waals surface area (Å²) in [6.45, 7) is 12.8. The van der Waals surface area contributed by atoms with E-state index in [9.17, 15) is 5.11 Å². The summed E-state index contributed by atoms with van der Waals surface area (Å²) >= 11 is 0. The highest BCUT2D eigenvalue weighted by atomic mass is 16.6. The van der Waals surface area contributed by atoms with E-state index in [0.717, 1.165) is 25.2 Å². The zero-order valence-corrected chi connectivity index (χ0v) is 14.7. The third-order valence-electron chi connectivity index (χ3n) is 6.42. The molecule has 0 bridgehead atoms. The van der Waals surface area contributed by atoms with Crippen LogP contribution in [0.5, 0.6) is 0 Å². The summed E-state index contributed by atoms with van der Waals surface area (Å²) in [6.07, 6.45) is 11.7. The SMILES string of the molecule is C=C1CC[C@H]2O[C@]2(C)CC[C@@H]2[C@@H]1C[C@@]2(C)C/C=C/C(C)(C)O. The van der Waals surface area contributed by atoms with Gasteiger partial charge in [-0.2, -0.15) is 0 Å². The number of hydrogen-bond acceptors (Lipinski definition) is 2. The molecule has 0 aromatic heterocycles. The van der Waals surface area contributed by atoms with Gasteiger partial charge in [0.1, 0.15) is 0 Å². The maximum absolute atomic E-state index is 9.86. The fourth-order valence-electron chi connectivity index (χ4n) is 4.77. The zero-order chi connectivity index (χ0) is 16.2. The van der Waals surface area contributed by atoms with Gasteiger partial charge in [0.05, 0.1) is 17.3 Å². The Morgan fingerprint density at radius 1 is 1.36 bits per heavy atom. The molecule has 5 atom stereocenters. The number of aliphatic hydroxyl groups is 1. The maximum atomic E-state index is 9.86. The molecule has 1 aliphatic heterocycles. The van der Waals surface area contributed by atoms with Crippen LogP contribution >= 0.6 is 0 Å². The van der Waals surface area contributed by atoms with Gasteiger partial charge in [-0.15, -0.1) is 0 Å². The van der Waals surface area contributed by atoms with E-state index in [1.54, 1.807) is 0 Å². The number of fused-ring (bicyclic) bond motifs is 2. The molecular formula is C20H32O2. The van der Waals surface area contributed by atoms with Crippen LogP contribution in [0.25, 0.3) is 0 Å². The Morgan fingerprint density at radius 2 is 2.09 bits per heavy atom. The minimum Gasteiger partial charge on any atom is -0.386 e. The van der Waals surface area contributed by atoms with E-state index in [-0.39, 0.29) is 5.60 Å². The van der Waals surface area contributed by atoms with E-state index in [0.29, 0.717) is 17.4 Å². The predicted octanol–water partition coefficient (Wildman–Crippen LogP) is 4.63. The quantitative estimate of drug-likeness (QED) is 0.609. The summed E-state index contributed by atoms with van der Waals surface area (Å²) in [5, 5.41) is 9.86. The van der Waals surface area contributed by atoms with Crippen molar-refractivity contribution >= 4 is 0 Å². The third kappa shape index (κ3) is 3.05. The first kappa shape index (κ1) is 16.3. The van der Waals surface area contributed by atoms with Crippen molar-refractivity contribution in [2.75, 3.05) is 0 Å². The molecule has 1 heterocycles. The lowest BCUT2D eigenvalue weighted by molar-refractivity contribution is -0.0167. The van der Waals surface area contributed by atoms with Gasteiger partial charge in [0.15, 0.2) is 0 Å². The van der Waals surface area contributed by atoms with Crippen molar-refractivity contribution in [1.82, 2.24) is 0 Å². The van der Waals surface area contributed by atoms with Crippen molar-refractivity contribution in [2.45, 2.75) is 83.5 Å². The Bertz CT molecular complexity index is 486. The molecule has 2 saturated carbocycles. The van der Waals surface area contributed by atoms with E-state index < -0.39 is 5.60 Å². The number of ether oxygens (including phenoxy) is 1. The van der Waals surface area contributed by atoms with Gasteiger partial charge in [0.25, 0.3) is 0 Å². The molecule has 0 spiro atoms. The summed E-state index contributed by atoms with van der Waals surface area (Å²) in [6, 6.07) is 0. The topological polar surface area (TPSA) is 32.8 Å². The van der Waals surface area contributed by atoms with E-state index in [1.807, 2.05) is 19.9 Å². The van der Waals surface area contributed by atoms with Gasteiger partial charge in [0.2, 0.25) is 0 Å². The van der Waals surface area contributed by atoms with Gasteiger partial charge in [-0.05, 0) is 76.5 Å². The van der Waals surface area contributed by atoms with E-state index >= 15 is 0 Å². The lowest BCUT2D eigenvalue weighted by atomic mass is 9.50. The predicted molar refractivity (Wildman–Crippen MR) is 90.6 cm³/mol. The van der Waals surface area contributed by atoms with Crippen LogP contribution in [-0.4, -0.2) is 22.4 Å². The van der Waals surface area contributed by atoms with Crippen molar-refractivity contribution in [1.29, 1.82) is 0 Å². The van der Waals surface area contributed by atoms with Crippen LogP contribution in [0.2, 0.25) is 0 Å². The fourth-order valence-corrected chi connectivity index (χ4v) is 4.77. The fraction of sp³-hybridized carbons (Fsp3) is 0.800. The molecule has 0 aromatic carbocycles. The van der Waals surface area contributed by atoms with Gasteiger partial charge in [0, 0.05) is 0 Å². The lowest BCUT2D eigenvalue weighted by Crippen LogP contribution is -2.46. The first-order chi connectivity index (χ1) is 10.1. The standard InChI is InChI=1S/C20H32O2/c1-14-7-8-17-20(5,22-17)12-9-16-15(14)13-19(16,4)11-6-10-18(2,3)21/h6,10,15-17,21H,1,7-9,11-13H2,2-5H3/b10-6+/t15-,16-,17-,19-,20-/m1/s1. The molecule has 0 amide bonds. The van der Waals surface area contributed by atoms with Crippen molar-refractivity contribution in [2.24, 2.45) is 17.3 Å². The summed E-state index contributed by atoms with van der Waals surface area (Å²) in [7, 11) is 0. The summed E-state index contributed by atoms with van der Waals surface area (Å²) < 4.78 is 5.94. The van der Waals surface area contributed by atoms with E-state index in [2.05, 4.69) is 26.5 Å². The van der Waals surface area contributed by atoms with Crippen LogP contribution in [-0.2, 0) is 4.74 Å². The Hall–Kier alpha value is -0.600. The number of hydrogen-bond donors (Lipinski definition) is 1. The molecule has 3 rings (SSSR count). The Morgan fingerprint density at radius 3 is 2.77 bits per heavy atom. The van der Waals surface area contributed by atoms with E-state index in [4.69, 9.17) is 4.74 Å². The largest absolute Gasteiger partial charge is 0.386 e. The molecule has 2 nitrogen and oxygen atoms in total. The smallest absolute Gasteiger partial charge is 0.0920 e. The van der Waals surface area contributed by atoms with Gasteiger partial charge in [-0.25, -0.2) is 0 Å². The lowest BCUT2D eigenvalue weighted by Gasteiger charge is -2.55. The Balaban J connectivity index is 1.68. The summed E-state index contributed by atoms with van der Waals surface area (Å²) in [5.41, 5.74) is 1.26. The highest BCUT2D eigenvalue weighted by Gasteiger charge is 2.56. The second-order valence-corrected chi connectivity index (χ2v) is 8.99. The van der Waals surface area contributed by atoms with Gasteiger partial charge in [-0.1, -0.05) is 31.2 Å². The van der Waals surface area contributed by atoms with Crippen LogP contribution in [0.1, 0.15) is 66.2 Å². The Kier molecular flexibility index (Phi) is 3.85.